The average molecular weight is 269 g/mol. The summed E-state index contributed by atoms with van der Waals surface area (Å²) >= 11 is 0. The van der Waals surface area contributed by atoms with Crippen LogP contribution in [0.4, 0.5) is 0 Å². The molecule has 4 N–H and O–H groups in total. The van der Waals surface area contributed by atoms with Crippen LogP contribution in [-0.2, 0) is 0 Å². The molecular formula is C17H23N3. The summed E-state index contributed by atoms with van der Waals surface area (Å²) < 4.78 is 0. The number of benzene rings is 1. The van der Waals surface area contributed by atoms with Crippen LogP contribution < -0.4 is 11.5 Å². The van der Waals surface area contributed by atoms with Gasteiger partial charge in [0.25, 0.3) is 0 Å². The molecule has 2 rings (SSSR count). The lowest BCUT2D eigenvalue weighted by molar-refractivity contribution is 0.526. The van der Waals surface area contributed by atoms with Crippen LogP contribution in [-0.4, -0.2) is 17.6 Å². The van der Waals surface area contributed by atoms with E-state index in [-0.39, 0.29) is 12.0 Å². The fourth-order valence-corrected chi connectivity index (χ4v) is 2.58. The number of rotatable bonds is 6. The van der Waals surface area contributed by atoms with Crippen molar-refractivity contribution in [2.75, 3.05) is 6.54 Å². The molecule has 20 heavy (non-hydrogen) atoms. The maximum absolute atomic E-state index is 6.42. The summed E-state index contributed by atoms with van der Waals surface area (Å²) in [6, 6.07) is 14.5. The molecule has 2 aromatic rings. The predicted octanol–water partition coefficient (Wildman–Crippen LogP) is 2.59. The van der Waals surface area contributed by atoms with Gasteiger partial charge in [0, 0.05) is 23.9 Å². The van der Waals surface area contributed by atoms with E-state index in [1.165, 1.54) is 11.1 Å². The van der Waals surface area contributed by atoms with Crippen molar-refractivity contribution in [2.24, 2.45) is 11.5 Å². The van der Waals surface area contributed by atoms with Gasteiger partial charge in [-0.15, -0.1) is 0 Å². The van der Waals surface area contributed by atoms with Gasteiger partial charge in [0.05, 0.1) is 0 Å². The first-order chi connectivity index (χ1) is 9.72. The molecule has 0 radical (unpaired) electrons. The Morgan fingerprint density at radius 1 is 1.15 bits per heavy atom. The second-order valence-corrected chi connectivity index (χ2v) is 5.24. The van der Waals surface area contributed by atoms with Crippen LogP contribution in [0, 0.1) is 6.92 Å². The summed E-state index contributed by atoms with van der Waals surface area (Å²) in [7, 11) is 0. The van der Waals surface area contributed by atoms with Gasteiger partial charge in [-0.25, -0.2) is 0 Å². The molecule has 0 amide bonds. The summed E-state index contributed by atoms with van der Waals surface area (Å²) in [4.78, 5) is 4.50. The molecule has 1 aromatic carbocycles. The molecule has 0 aliphatic rings. The third-order valence-electron chi connectivity index (χ3n) is 3.58. The number of nitrogens with zero attached hydrogens (tertiary/aromatic N) is 1. The van der Waals surface area contributed by atoms with Crippen molar-refractivity contribution in [3.8, 4) is 0 Å². The molecule has 1 heterocycles. The first kappa shape index (κ1) is 14.7. The van der Waals surface area contributed by atoms with Crippen molar-refractivity contribution < 1.29 is 0 Å². The zero-order valence-electron chi connectivity index (χ0n) is 12.0. The molecule has 0 aliphatic carbocycles. The Balaban J connectivity index is 2.34. The Hall–Kier alpha value is -1.71. The van der Waals surface area contributed by atoms with Gasteiger partial charge in [-0.2, -0.15) is 0 Å². The molecule has 3 heteroatoms. The highest BCUT2D eigenvalue weighted by Gasteiger charge is 2.22. The van der Waals surface area contributed by atoms with Gasteiger partial charge in [0.1, 0.15) is 0 Å². The Kier molecular flexibility index (Phi) is 5.27. The van der Waals surface area contributed by atoms with Crippen LogP contribution in [0.2, 0.25) is 0 Å². The number of hydrogen-bond acceptors (Lipinski definition) is 3. The van der Waals surface area contributed by atoms with E-state index in [4.69, 9.17) is 11.5 Å². The summed E-state index contributed by atoms with van der Waals surface area (Å²) in [5.41, 5.74) is 15.5. The minimum atomic E-state index is 0.0373. The second-order valence-electron chi connectivity index (χ2n) is 5.24. The highest BCUT2D eigenvalue weighted by atomic mass is 14.7. The highest BCUT2D eigenvalue weighted by Crippen LogP contribution is 2.28. The second kappa shape index (κ2) is 7.17. The standard InChI is InChI=1S/C17H23N3/c1-13-6-4-7-14(12-13)17(15(19)8-5-10-18)16-9-2-3-11-20-16/h2-4,6-7,9,11-12,15,17H,5,8,10,18-19H2,1H3. The Labute approximate surface area is 121 Å². The lowest BCUT2D eigenvalue weighted by atomic mass is 9.85. The van der Waals surface area contributed by atoms with E-state index < -0.39 is 0 Å². The SMILES string of the molecule is Cc1cccc(C(c2ccccn2)C(N)CCCN)c1. The molecule has 0 bridgehead atoms. The van der Waals surface area contributed by atoms with Crippen molar-refractivity contribution in [3.63, 3.8) is 0 Å². The molecule has 2 atom stereocenters. The molecule has 3 nitrogen and oxygen atoms in total. The maximum atomic E-state index is 6.42. The summed E-state index contributed by atoms with van der Waals surface area (Å²) in [5.74, 6) is 0.127. The van der Waals surface area contributed by atoms with Crippen molar-refractivity contribution in [1.29, 1.82) is 0 Å². The van der Waals surface area contributed by atoms with Crippen LogP contribution in [0.1, 0.15) is 35.6 Å². The van der Waals surface area contributed by atoms with Crippen LogP contribution in [0.15, 0.2) is 48.7 Å². The zero-order valence-corrected chi connectivity index (χ0v) is 12.0. The molecule has 0 fully saturated rings. The normalized spacial score (nSPS) is 13.9. The van der Waals surface area contributed by atoms with E-state index in [9.17, 15) is 0 Å². The molecule has 0 aliphatic heterocycles. The van der Waals surface area contributed by atoms with Crippen LogP contribution in [0.3, 0.4) is 0 Å². The molecule has 0 saturated carbocycles. The summed E-state index contributed by atoms with van der Waals surface area (Å²) in [5, 5.41) is 0. The monoisotopic (exact) mass is 269 g/mol. The maximum Gasteiger partial charge on any atom is 0.0493 e. The number of aryl methyl sites for hydroxylation is 1. The van der Waals surface area contributed by atoms with Crippen LogP contribution >= 0.6 is 0 Å². The van der Waals surface area contributed by atoms with E-state index in [0.29, 0.717) is 6.54 Å². The fraction of sp³-hybridized carbons (Fsp3) is 0.353. The Bertz CT molecular complexity index is 525. The van der Waals surface area contributed by atoms with E-state index in [2.05, 4.69) is 42.2 Å². The molecule has 2 unspecified atom stereocenters. The lowest BCUT2D eigenvalue weighted by Crippen LogP contribution is -2.30. The van der Waals surface area contributed by atoms with Gasteiger partial charge in [0.15, 0.2) is 0 Å². The number of pyridine rings is 1. The quantitative estimate of drug-likeness (QED) is 0.847. The van der Waals surface area contributed by atoms with Crippen LogP contribution in [0.5, 0.6) is 0 Å². The van der Waals surface area contributed by atoms with Gasteiger partial charge in [-0.3, -0.25) is 4.98 Å². The van der Waals surface area contributed by atoms with Gasteiger partial charge < -0.3 is 11.5 Å². The van der Waals surface area contributed by atoms with Gasteiger partial charge in [-0.1, -0.05) is 35.9 Å². The van der Waals surface area contributed by atoms with E-state index in [1.807, 2.05) is 18.3 Å². The average Bonchev–Trinajstić information content (AvgIpc) is 2.46. The van der Waals surface area contributed by atoms with Crippen molar-refractivity contribution in [2.45, 2.75) is 31.7 Å². The first-order valence-electron chi connectivity index (χ1n) is 7.15. The minimum absolute atomic E-state index is 0.0373. The largest absolute Gasteiger partial charge is 0.330 e. The fourth-order valence-electron chi connectivity index (χ4n) is 2.58. The van der Waals surface area contributed by atoms with Crippen LogP contribution in [0.25, 0.3) is 0 Å². The van der Waals surface area contributed by atoms with E-state index >= 15 is 0 Å². The zero-order chi connectivity index (χ0) is 14.4. The van der Waals surface area contributed by atoms with Crippen molar-refractivity contribution >= 4 is 0 Å². The van der Waals surface area contributed by atoms with E-state index in [0.717, 1.165) is 18.5 Å². The lowest BCUT2D eigenvalue weighted by Gasteiger charge is -2.24. The first-order valence-corrected chi connectivity index (χ1v) is 7.15. The van der Waals surface area contributed by atoms with Crippen molar-refractivity contribution in [1.82, 2.24) is 4.98 Å². The predicted molar refractivity (Wildman–Crippen MR) is 83.5 cm³/mol. The molecule has 106 valence electrons. The van der Waals surface area contributed by atoms with Gasteiger partial charge >= 0.3 is 0 Å². The van der Waals surface area contributed by atoms with E-state index in [1.54, 1.807) is 0 Å². The van der Waals surface area contributed by atoms with Crippen molar-refractivity contribution in [3.05, 3.63) is 65.5 Å². The number of aromatic nitrogens is 1. The molecule has 1 aromatic heterocycles. The minimum Gasteiger partial charge on any atom is -0.330 e. The Morgan fingerprint density at radius 3 is 2.65 bits per heavy atom. The highest BCUT2D eigenvalue weighted by molar-refractivity contribution is 5.33. The molecule has 0 saturated heterocycles. The Morgan fingerprint density at radius 2 is 2.00 bits per heavy atom. The number of nitrogens with two attached hydrogens (primary N) is 2. The molecule has 0 spiro atoms. The third-order valence-corrected chi connectivity index (χ3v) is 3.58. The third kappa shape index (κ3) is 3.65. The molecular weight excluding hydrogens is 246 g/mol. The topological polar surface area (TPSA) is 64.9 Å². The van der Waals surface area contributed by atoms with Gasteiger partial charge in [-0.05, 0) is 44.0 Å². The number of hydrogen-bond donors (Lipinski definition) is 2. The van der Waals surface area contributed by atoms with Gasteiger partial charge in [0.2, 0.25) is 0 Å². The summed E-state index contributed by atoms with van der Waals surface area (Å²) in [6.07, 6.45) is 3.68. The smallest absolute Gasteiger partial charge is 0.0493 e. The summed E-state index contributed by atoms with van der Waals surface area (Å²) in [6.45, 7) is 2.78.